The first-order valence-corrected chi connectivity index (χ1v) is 11.5. The van der Waals surface area contributed by atoms with Gasteiger partial charge in [-0.3, -0.25) is 14.2 Å². The number of alkyl halides is 2. The Kier molecular flexibility index (Phi) is 9.29. The molecule has 0 spiro atoms. The first-order chi connectivity index (χ1) is 16.9. The second kappa shape index (κ2) is 12.6. The van der Waals surface area contributed by atoms with Crippen LogP contribution < -0.4 is 24.8 Å². The summed E-state index contributed by atoms with van der Waals surface area (Å²) in [5, 5.41) is 12.5. The molecule has 0 aliphatic heterocycles. The Morgan fingerprint density at radius 3 is 2.60 bits per heavy atom. The molecule has 35 heavy (non-hydrogen) atoms. The third-order valence-electron chi connectivity index (χ3n) is 4.91. The van der Waals surface area contributed by atoms with Crippen molar-refractivity contribution in [2.24, 2.45) is 0 Å². The number of nitrogens with zero attached hydrogens (tertiary/aromatic N) is 2. The maximum Gasteiger partial charge on any atom is 0.387 e. The van der Waals surface area contributed by atoms with Gasteiger partial charge in [-0.2, -0.15) is 14.0 Å². The fraction of sp³-hybridized carbons (Fsp3) is 0.240. The van der Waals surface area contributed by atoms with Gasteiger partial charge in [-0.15, -0.1) is 11.3 Å². The summed E-state index contributed by atoms with van der Waals surface area (Å²) in [5.41, 5.74) is 0.467. The zero-order valence-corrected chi connectivity index (χ0v) is 19.7. The molecule has 1 heterocycles. The Hall–Kier alpha value is -3.81. The summed E-state index contributed by atoms with van der Waals surface area (Å²) < 4.78 is 36.9. The number of para-hydroxylation sites is 1. The number of carbonyl (C=O) groups is 1. The highest BCUT2D eigenvalue weighted by molar-refractivity contribution is 7.07. The highest BCUT2D eigenvalue weighted by Crippen LogP contribution is 2.20. The van der Waals surface area contributed by atoms with Crippen LogP contribution in [-0.2, 0) is 22.6 Å². The van der Waals surface area contributed by atoms with Crippen LogP contribution in [0.5, 0.6) is 5.75 Å². The van der Waals surface area contributed by atoms with E-state index in [0.717, 1.165) is 16.9 Å². The van der Waals surface area contributed by atoms with Gasteiger partial charge in [0.1, 0.15) is 16.5 Å². The number of thiazole rings is 1. The number of methoxy groups -OCH3 is 1. The van der Waals surface area contributed by atoms with E-state index in [1.165, 1.54) is 36.0 Å². The molecule has 3 rings (SSSR count). The topological polar surface area (TPSA) is 93.3 Å². The van der Waals surface area contributed by atoms with Crippen LogP contribution in [-0.4, -0.2) is 30.8 Å². The van der Waals surface area contributed by atoms with Gasteiger partial charge in [0.15, 0.2) is 5.57 Å². The van der Waals surface area contributed by atoms with E-state index in [-0.39, 0.29) is 39.2 Å². The monoisotopic (exact) mass is 499 g/mol. The van der Waals surface area contributed by atoms with E-state index in [0.29, 0.717) is 13.0 Å². The molecule has 182 valence electrons. The van der Waals surface area contributed by atoms with Crippen molar-refractivity contribution < 1.29 is 23.0 Å². The lowest BCUT2D eigenvalue weighted by Gasteiger charge is -2.06. The standard InChI is InChI=1S/C25H23F2N3O4S/c1-33-13-7-12-30-23(32)21(14-18-10-5-6-11-20(18)34-25(26)27)35-24(30)19(15-28)22(31)29-16-17-8-3-2-4-9-17/h2-6,8-11,14,25H,7,12-13,16H2,1H3,(H,29,31). The summed E-state index contributed by atoms with van der Waals surface area (Å²) in [6, 6.07) is 17.2. The number of carbonyl (C=O) groups excluding carboxylic acids is 1. The SMILES string of the molecule is COCCCn1c(=C(C#N)C(=O)NCc2ccccc2)sc(=Cc2ccccc2OC(F)F)c1=O. The molecule has 0 radical (unpaired) electrons. The fourth-order valence-corrected chi connectivity index (χ4v) is 4.40. The minimum atomic E-state index is -3.03. The molecular weight excluding hydrogens is 476 g/mol. The molecule has 0 saturated heterocycles. The van der Waals surface area contributed by atoms with Crippen molar-refractivity contribution in [3.63, 3.8) is 0 Å². The highest BCUT2D eigenvalue weighted by atomic mass is 32.1. The molecule has 0 unspecified atom stereocenters. The van der Waals surface area contributed by atoms with Gasteiger partial charge in [-0.25, -0.2) is 0 Å². The molecular formula is C25H23F2N3O4S. The summed E-state index contributed by atoms with van der Waals surface area (Å²) in [7, 11) is 1.53. The molecule has 1 amide bonds. The number of ether oxygens (including phenoxy) is 2. The molecule has 0 fully saturated rings. The smallest absolute Gasteiger partial charge is 0.387 e. The van der Waals surface area contributed by atoms with Crippen molar-refractivity contribution in [2.45, 2.75) is 26.1 Å². The quantitative estimate of drug-likeness (QED) is 0.433. The Morgan fingerprint density at radius 2 is 1.91 bits per heavy atom. The van der Waals surface area contributed by atoms with Crippen molar-refractivity contribution in [2.75, 3.05) is 13.7 Å². The van der Waals surface area contributed by atoms with E-state index in [1.54, 1.807) is 6.07 Å². The van der Waals surface area contributed by atoms with Gasteiger partial charge >= 0.3 is 6.61 Å². The zero-order chi connectivity index (χ0) is 25.2. The second-order valence-corrected chi connectivity index (χ2v) is 8.32. The number of hydrogen-bond acceptors (Lipinski definition) is 6. The number of nitrogens with one attached hydrogen (secondary N) is 1. The Labute approximate surface area is 204 Å². The normalized spacial score (nSPS) is 12.4. The average Bonchev–Trinajstić information content (AvgIpc) is 3.15. The van der Waals surface area contributed by atoms with Crippen LogP contribution in [0, 0.1) is 11.3 Å². The minimum absolute atomic E-state index is 0.0899. The number of rotatable bonds is 10. The van der Waals surface area contributed by atoms with E-state index >= 15 is 0 Å². The van der Waals surface area contributed by atoms with Gasteiger partial charge < -0.3 is 14.8 Å². The molecule has 2 aromatic carbocycles. The van der Waals surface area contributed by atoms with Crippen LogP contribution in [0.3, 0.4) is 0 Å². The summed E-state index contributed by atoms with van der Waals surface area (Å²) >= 11 is 0.940. The second-order valence-electron chi connectivity index (χ2n) is 7.29. The van der Waals surface area contributed by atoms with Crippen molar-refractivity contribution in [1.82, 2.24) is 9.88 Å². The Morgan fingerprint density at radius 1 is 1.20 bits per heavy atom. The average molecular weight is 500 g/mol. The third-order valence-corrected chi connectivity index (χ3v) is 6.04. The first-order valence-electron chi connectivity index (χ1n) is 10.6. The number of benzene rings is 2. The molecule has 1 N–H and O–H groups in total. The van der Waals surface area contributed by atoms with Gasteiger partial charge in [0.2, 0.25) is 0 Å². The van der Waals surface area contributed by atoms with Crippen LogP contribution in [0.2, 0.25) is 0 Å². The van der Waals surface area contributed by atoms with Crippen molar-refractivity contribution in [3.05, 3.63) is 85.3 Å². The maximum absolute atomic E-state index is 13.2. The molecule has 1 aromatic heterocycles. The van der Waals surface area contributed by atoms with Gasteiger partial charge in [-0.05, 0) is 24.1 Å². The third kappa shape index (κ3) is 6.85. The predicted octanol–water partition coefficient (Wildman–Crippen LogP) is 2.37. The molecule has 0 aliphatic rings. The fourth-order valence-electron chi connectivity index (χ4n) is 3.28. The van der Waals surface area contributed by atoms with Gasteiger partial charge in [0.25, 0.3) is 11.5 Å². The van der Waals surface area contributed by atoms with E-state index in [4.69, 9.17) is 4.74 Å². The summed E-state index contributed by atoms with van der Waals surface area (Å²) in [4.78, 5) is 26.1. The van der Waals surface area contributed by atoms with Crippen molar-refractivity contribution >= 4 is 28.9 Å². The molecule has 7 nitrogen and oxygen atoms in total. The minimum Gasteiger partial charge on any atom is -0.434 e. The van der Waals surface area contributed by atoms with Crippen LogP contribution in [0.25, 0.3) is 11.6 Å². The van der Waals surface area contributed by atoms with E-state index in [9.17, 15) is 23.6 Å². The Bertz CT molecular complexity index is 1380. The molecule has 0 atom stereocenters. The van der Waals surface area contributed by atoms with E-state index in [1.807, 2.05) is 36.4 Å². The molecule has 10 heteroatoms. The van der Waals surface area contributed by atoms with Crippen LogP contribution in [0.1, 0.15) is 17.5 Å². The molecule has 0 aliphatic carbocycles. The lowest BCUT2D eigenvalue weighted by Crippen LogP contribution is -2.35. The largest absolute Gasteiger partial charge is 0.434 e. The van der Waals surface area contributed by atoms with E-state index < -0.39 is 18.1 Å². The Balaban J connectivity index is 2.09. The summed E-state index contributed by atoms with van der Waals surface area (Å²) in [6.07, 6.45) is 1.88. The van der Waals surface area contributed by atoms with Gasteiger partial charge in [0.05, 0.1) is 4.53 Å². The number of aromatic nitrogens is 1. The number of hydrogen-bond donors (Lipinski definition) is 1. The highest BCUT2D eigenvalue weighted by Gasteiger charge is 2.16. The van der Waals surface area contributed by atoms with Crippen LogP contribution in [0.4, 0.5) is 8.78 Å². The predicted molar refractivity (Wildman–Crippen MR) is 128 cm³/mol. The molecule has 0 saturated carbocycles. The molecule has 0 bridgehead atoms. The first kappa shape index (κ1) is 25.8. The van der Waals surface area contributed by atoms with Crippen molar-refractivity contribution in [3.8, 4) is 11.8 Å². The molecule has 3 aromatic rings. The number of amides is 1. The zero-order valence-electron chi connectivity index (χ0n) is 18.9. The van der Waals surface area contributed by atoms with Gasteiger partial charge in [0, 0.05) is 32.4 Å². The van der Waals surface area contributed by atoms with Crippen LogP contribution >= 0.6 is 11.3 Å². The van der Waals surface area contributed by atoms with E-state index in [2.05, 4.69) is 10.1 Å². The van der Waals surface area contributed by atoms with Crippen LogP contribution in [0.15, 0.2) is 59.4 Å². The summed E-state index contributed by atoms with van der Waals surface area (Å²) in [6.45, 7) is -2.24. The summed E-state index contributed by atoms with van der Waals surface area (Å²) in [5.74, 6) is -0.709. The van der Waals surface area contributed by atoms with Gasteiger partial charge in [-0.1, -0.05) is 48.5 Å². The number of nitriles is 1. The number of halogens is 2. The lowest BCUT2D eigenvalue weighted by molar-refractivity contribution is -0.115. The lowest BCUT2D eigenvalue weighted by atomic mass is 10.2. The van der Waals surface area contributed by atoms with Crippen molar-refractivity contribution in [1.29, 1.82) is 5.26 Å². The maximum atomic E-state index is 13.2.